The van der Waals surface area contributed by atoms with Crippen LogP contribution in [-0.4, -0.2) is 45.7 Å². The fourth-order valence-corrected chi connectivity index (χ4v) is 4.82. The van der Waals surface area contributed by atoms with Crippen LogP contribution in [0.4, 0.5) is 5.82 Å². The molecule has 1 unspecified atom stereocenters. The molecular weight excluding hydrogens is 479 g/mol. The summed E-state index contributed by atoms with van der Waals surface area (Å²) >= 11 is 0. The number of aryl methyl sites for hydroxylation is 2. The maximum absolute atomic E-state index is 12.8. The Kier molecular flexibility index (Phi) is 6.67. The summed E-state index contributed by atoms with van der Waals surface area (Å²) in [5.41, 5.74) is 9.60. The van der Waals surface area contributed by atoms with Gasteiger partial charge in [0.05, 0.1) is 11.1 Å². The maximum atomic E-state index is 12.8. The van der Waals surface area contributed by atoms with Gasteiger partial charge in [-0.3, -0.25) is 0 Å². The number of rotatable bonds is 6. The SMILES string of the molecule is Cc1ccc(C(=O)OC[C@H]2O[C@H](c3nc(N)c4nc[pH]c4n3)C[C@@H]2OC(=O)c2ccc(C)cc2)cc1. The van der Waals surface area contributed by atoms with Crippen LogP contribution in [0.1, 0.15) is 50.2 Å². The van der Waals surface area contributed by atoms with Gasteiger partial charge in [-0.25, -0.2) is 24.5 Å². The molecule has 2 N–H and O–H groups in total. The van der Waals surface area contributed by atoms with E-state index in [1.165, 1.54) is 0 Å². The first-order valence-electron chi connectivity index (χ1n) is 11.5. The molecule has 2 aromatic carbocycles. The lowest BCUT2D eigenvalue weighted by atomic mass is 10.1. The van der Waals surface area contributed by atoms with E-state index < -0.39 is 30.3 Å². The van der Waals surface area contributed by atoms with Gasteiger partial charge in [-0.2, -0.15) is 0 Å². The molecule has 0 bridgehead atoms. The molecule has 1 fully saturated rings. The summed E-state index contributed by atoms with van der Waals surface area (Å²) in [5, 5.41) is 0.753. The number of hydrogen-bond donors (Lipinski definition) is 1. The zero-order valence-electron chi connectivity index (χ0n) is 19.8. The number of carbonyl (C=O) groups excluding carboxylic acids is 2. The molecule has 0 amide bonds. The molecule has 9 nitrogen and oxygen atoms in total. The summed E-state index contributed by atoms with van der Waals surface area (Å²) in [5.74, 6) is 1.47. The number of esters is 2. The maximum Gasteiger partial charge on any atom is 0.338 e. The summed E-state index contributed by atoms with van der Waals surface area (Å²) in [6.45, 7) is 3.78. The number of hydrogen-bond acceptors (Lipinski definition) is 9. The highest BCUT2D eigenvalue weighted by atomic mass is 31.0. The number of nitrogens with zero attached hydrogens (tertiary/aromatic N) is 3. The third-order valence-corrected chi connectivity index (χ3v) is 6.90. The molecule has 4 aromatic rings. The summed E-state index contributed by atoms with van der Waals surface area (Å²) < 4.78 is 17.5. The predicted octanol–water partition coefficient (Wildman–Crippen LogP) is 4.17. The lowest BCUT2D eigenvalue weighted by Crippen LogP contribution is -2.32. The average molecular weight is 504 g/mol. The van der Waals surface area contributed by atoms with Crippen molar-refractivity contribution in [3.05, 3.63) is 82.5 Å². The molecule has 1 saturated heterocycles. The molecule has 0 aliphatic carbocycles. The van der Waals surface area contributed by atoms with Gasteiger partial charge in [-0.15, -0.1) is 0 Å². The molecule has 0 spiro atoms. The van der Waals surface area contributed by atoms with Crippen molar-refractivity contribution in [1.82, 2.24) is 15.0 Å². The van der Waals surface area contributed by atoms with Gasteiger partial charge in [0.2, 0.25) is 0 Å². The number of fused-ring (bicyclic) bond motifs is 1. The second kappa shape index (κ2) is 10.0. The molecule has 4 atom stereocenters. The van der Waals surface area contributed by atoms with Crippen LogP contribution in [-0.2, 0) is 14.2 Å². The van der Waals surface area contributed by atoms with Crippen LogP contribution in [0.3, 0.4) is 0 Å². The van der Waals surface area contributed by atoms with Crippen molar-refractivity contribution in [1.29, 1.82) is 0 Å². The normalized spacial score (nSPS) is 19.6. The van der Waals surface area contributed by atoms with Crippen molar-refractivity contribution in [3.63, 3.8) is 0 Å². The van der Waals surface area contributed by atoms with Gasteiger partial charge < -0.3 is 19.9 Å². The second-order valence-corrected chi connectivity index (χ2v) is 9.76. The Balaban J connectivity index is 1.35. The van der Waals surface area contributed by atoms with Crippen LogP contribution >= 0.6 is 8.19 Å². The van der Waals surface area contributed by atoms with E-state index in [2.05, 4.69) is 15.0 Å². The number of benzene rings is 2. The van der Waals surface area contributed by atoms with Gasteiger partial charge >= 0.3 is 11.9 Å². The zero-order chi connectivity index (χ0) is 25.2. The lowest BCUT2D eigenvalue weighted by Gasteiger charge is -2.19. The third-order valence-electron chi connectivity index (χ3n) is 6.02. The number of nitrogen functional groups attached to an aromatic ring is 1. The first kappa shape index (κ1) is 23.9. The smallest absolute Gasteiger partial charge is 0.338 e. The van der Waals surface area contributed by atoms with Crippen molar-refractivity contribution in [3.8, 4) is 0 Å². The topological polar surface area (TPSA) is 127 Å². The van der Waals surface area contributed by atoms with E-state index in [0.717, 1.165) is 16.4 Å². The highest BCUT2D eigenvalue weighted by Crippen LogP contribution is 2.36. The summed E-state index contributed by atoms with van der Waals surface area (Å²) in [6.07, 6.45) is -1.66. The Hall–Kier alpha value is -3.81. The molecule has 184 valence electrons. The van der Waals surface area contributed by atoms with Gasteiger partial charge in [0.15, 0.2) is 11.6 Å². The number of aromatic nitrogens is 3. The van der Waals surface area contributed by atoms with Gasteiger partial charge in [0, 0.05) is 12.3 Å². The monoisotopic (exact) mass is 504 g/mol. The highest BCUT2D eigenvalue weighted by molar-refractivity contribution is 7.35. The Labute approximate surface area is 209 Å². The van der Waals surface area contributed by atoms with Crippen molar-refractivity contribution in [2.45, 2.75) is 38.6 Å². The molecule has 1 aliphatic rings. The van der Waals surface area contributed by atoms with Gasteiger partial charge in [0.25, 0.3) is 0 Å². The van der Waals surface area contributed by atoms with Crippen molar-refractivity contribution >= 4 is 36.7 Å². The molecule has 36 heavy (non-hydrogen) atoms. The van der Waals surface area contributed by atoms with Gasteiger partial charge in [-0.05, 0) is 38.1 Å². The molecular formula is C26H25N4O5P. The first-order valence-corrected chi connectivity index (χ1v) is 12.6. The third kappa shape index (κ3) is 5.08. The number of nitrogens with two attached hydrogens (primary N) is 1. The number of carbonyl (C=O) groups is 2. The fraction of sp³-hybridized carbons (Fsp3) is 0.269. The molecule has 5 rings (SSSR count). The number of anilines is 1. The molecule has 0 saturated carbocycles. The van der Waals surface area contributed by atoms with Crippen molar-refractivity contribution in [2.75, 3.05) is 12.3 Å². The lowest BCUT2D eigenvalue weighted by molar-refractivity contribution is -0.0439. The van der Waals surface area contributed by atoms with Crippen LogP contribution in [0, 0.1) is 13.8 Å². The Morgan fingerprint density at radius 3 is 2.31 bits per heavy atom. The van der Waals surface area contributed by atoms with Crippen LogP contribution in [0.2, 0.25) is 0 Å². The minimum absolute atomic E-state index is 0.0969. The molecule has 1 aliphatic heterocycles. The molecule has 0 radical (unpaired) electrons. The minimum Gasteiger partial charge on any atom is -0.459 e. The van der Waals surface area contributed by atoms with E-state index in [0.29, 0.717) is 37.1 Å². The van der Waals surface area contributed by atoms with Crippen LogP contribution in [0.25, 0.3) is 10.8 Å². The van der Waals surface area contributed by atoms with E-state index in [-0.39, 0.29) is 12.4 Å². The second-order valence-electron chi connectivity index (χ2n) is 8.74. The molecule has 2 aromatic heterocycles. The van der Waals surface area contributed by atoms with Crippen LogP contribution in [0.5, 0.6) is 0 Å². The van der Waals surface area contributed by atoms with E-state index >= 15 is 0 Å². The highest BCUT2D eigenvalue weighted by Gasteiger charge is 2.41. The summed E-state index contributed by atoms with van der Waals surface area (Å²) in [6, 6.07) is 14.2. The standard InChI is InChI=1S/C26H25N4O5P/c1-14-3-7-16(8-4-14)25(31)33-12-20-18(35-26(32)17-9-5-15(2)6-10-17)11-19(34-20)23-29-22(27)21-24(30-23)36-13-28-21/h3-10,13,18-20,36H,11-12H2,1-2H3,(H2,27,29,30)/t18-,19-,20+/m0/s1. The quantitative estimate of drug-likeness (QED) is 0.385. The van der Waals surface area contributed by atoms with Crippen molar-refractivity contribution in [2.24, 2.45) is 0 Å². The molecule has 3 heterocycles. The summed E-state index contributed by atoms with van der Waals surface area (Å²) in [4.78, 5) is 38.6. The molecule has 10 heteroatoms. The van der Waals surface area contributed by atoms with Crippen LogP contribution < -0.4 is 5.73 Å². The largest absolute Gasteiger partial charge is 0.459 e. The van der Waals surface area contributed by atoms with E-state index in [9.17, 15) is 9.59 Å². The Bertz CT molecular complexity index is 1400. The Morgan fingerprint density at radius 1 is 1.00 bits per heavy atom. The predicted molar refractivity (Wildman–Crippen MR) is 135 cm³/mol. The zero-order valence-corrected chi connectivity index (χ0v) is 20.8. The number of ether oxygens (including phenoxy) is 3. The van der Waals surface area contributed by atoms with Crippen LogP contribution in [0.15, 0.2) is 54.5 Å². The first-order chi connectivity index (χ1) is 17.4. The van der Waals surface area contributed by atoms with Gasteiger partial charge in [0.1, 0.15) is 35.7 Å². The van der Waals surface area contributed by atoms with E-state index in [4.69, 9.17) is 19.9 Å². The van der Waals surface area contributed by atoms with E-state index in [1.807, 2.05) is 38.1 Å². The average Bonchev–Trinajstić information content (AvgIpc) is 3.51. The fourth-order valence-electron chi connectivity index (χ4n) is 4.00. The van der Waals surface area contributed by atoms with E-state index in [1.54, 1.807) is 30.2 Å². The Morgan fingerprint density at radius 2 is 1.64 bits per heavy atom. The van der Waals surface area contributed by atoms with Gasteiger partial charge in [-0.1, -0.05) is 43.6 Å². The minimum atomic E-state index is -0.699. The summed E-state index contributed by atoms with van der Waals surface area (Å²) in [7, 11) is 0.299. The van der Waals surface area contributed by atoms with Crippen molar-refractivity contribution < 1.29 is 23.8 Å².